The first-order valence-corrected chi connectivity index (χ1v) is 18.9. The molecule has 0 aromatic rings. The third kappa shape index (κ3) is 15.8. The Labute approximate surface area is 299 Å². The molecule has 0 fully saturated rings. The monoisotopic (exact) mass is 711 g/mol. The van der Waals surface area contributed by atoms with Crippen molar-refractivity contribution in [1.29, 1.82) is 0 Å². The maximum atomic E-state index is 13.1. The lowest BCUT2D eigenvalue weighted by Gasteiger charge is -2.34. The van der Waals surface area contributed by atoms with Gasteiger partial charge in [0.25, 0.3) is 0 Å². The average Bonchev–Trinajstić information content (AvgIpc) is 3.52. The normalized spacial score (nSPS) is 18.3. The zero-order valence-electron chi connectivity index (χ0n) is 32.0. The van der Waals surface area contributed by atoms with E-state index in [9.17, 15) is 29.1 Å². The number of aliphatic imine (C=N–C) groups is 1. The van der Waals surface area contributed by atoms with Gasteiger partial charge in [0.05, 0.1) is 23.7 Å². The van der Waals surface area contributed by atoms with Crippen molar-refractivity contribution in [2.75, 3.05) is 39.5 Å². The lowest BCUT2D eigenvalue weighted by molar-refractivity contribution is -0.160. The van der Waals surface area contributed by atoms with E-state index >= 15 is 0 Å². The molecule has 0 saturated heterocycles. The Bertz CT molecular complexity index is 1130. The summed E-state index contributed by atoms with van der Waals surface area (Å²) >= 11 is 1.60. The summed E-state index contributed by atoms with van der Waals surface area (Å²) in [4.78, 5) is 70.1. The molecule has 1 rings (SSSR count). The zero-order chi connectivity index (χ0) is 37.5. The Morgan fingerprint density at radius 1 is 1.04 bits per heavy atom. The molecule has 282 valence electrons. The summed E-state index contributed by atoms with van der Waals surface area (Å²) in [6.45, 7) is 18.1. The van der Waals surface area contributed by atoms with Gasteiger partial charge in [0.15, 0.2) is 0 Å². The van der Waals surface area contributed by atoms with E-state index in [4.69, 9.17) is 9.73 Å². The third-order valence-electron chi connectivity index (χ3n) is 9.33. The van der Waals surface area contributed by atoms with Crippen LogP contribution in [0, 0.1) is 23.2 Å². The molecule has 49 heavy (non-hydrogen) atoms. The fraction of sp³-hybridized carbons (Fsp3) is 0.833. The van der Waals surface area contributed by atoms with Crippen LogP contribution in [0.1, 0.15) is 107 Å². The smallest absolute Gasteiger partial charge is 0.325 e. The number of aliphatic hydroxyl groups excluding tert-OH is 1. The Balaban J connectivity index is 2.66. The van der Waals surface area contributed by atoms with Crippen molar-refractivity contribution in [2.45, 2.75) is 132 Å². The highest BCUT2D eigenvalue weighted by atomic mass is 32.2. The molecule has 0 aromatic heterocycles. The molecule has 0 saturated carbocycles. The van der Waals surface area contributed by atoms with Crippen LogP contribution in [0.15, 0.2) is 4.99 Å². The summed E-state index contributed by atoms with van der Waals surface area (Å²) in [5.41, 5.74) is -0.324. The second-order valence-electron chi connectivity index (χ2n) is 14.9. The van der Waals surface area contributed by atoms with E-state index in [2.05, 4.69) is 17.6 Å². The van der Waals surface area contributed by atoms with Crippen LogP contribution in [-0.2, 0) is 28.7 Å². The molecule has 1 aliphatic rings. The lowest BCUT2D eigenvalue weighted by Crippen LogP contribution is -2.48. The molecule has 0 spiro atoms. The number of carbonyl (C=O) groups is 5. The van der Waals surface area contributed by atoms with Crippen LogP contribution in [0.3, 0.4) is 0 Å². The molecule has 1 aliphatic heterocycles. The highest BCUT2D eigenvalue weighted by Crippen LogP contribution is 2.32. The van der Waals surface area contributed by atoms with Gasteiger partial charge in [-0.25, -0.2) is 0 Å². The van der Waals surface area contributed by atoms with Crippen molar-refractivity contribution in [3.8, 4) is 0 Å². The van der Waals surface area contributed by atoms with Gasteiger partial charge in [-0.2, -0.15) is 0 Å². The van der Waals surface area contributed by atoms with Gasteiger partial charge >= 0.3 is 5.97 Å². The molecule has 12 nitrogen and oxygen atoms in total. The van der Waals surface area contributed by atoms with Crippen molar-refractivity contribution in [3.63, 3.8) is 0 Å². The number of aliphatic hydroxyl groups is 1. The Hall–Kier alpha value is -2.67. The van der Waals surface area contributed by atoms with E-state index in [1.54, 1.807) is 23.6 Å². The molecule has 0 aromatic carbocycles. The van der Waals surface area contributed by atoms with E-state index in [-0.39, 0.29) is 78.5 Å². The predicted octanol–water partition coefficient (Wildman–Crippen LogP) is 4.04. The fourth-order valence-electron chi connectivity index (χ4n) is 5.42. The number of likely N-dealkylation sites (N-methyl/N-ethyl adjacent to an activating group) is 2. The average molecular weight is 712 g/mol. The third-order valence-corrected chi connectivity index (χ3v) is 10.7. The van der Waals surface area contributed by atoms with Gasteiger partial charge in [-0.15, -0.1) is 11.8 Å². The van der Waals surface area contributed by atoms with Gasteiger partial charge in [-0.05, 0) is 49.9 Å². The Morgan fingerprint density at radius 2 is 1.69 bits per heavy atom. The summed E-state index contributed by atoms with van der Waals surface area (Å²) in [5.74, 6) is -0.464. The lowest BCUT2D eigenvalue weighted by atomic mass is 9.81. The van der Waals surface area contributed by atoms with E-state index in [0.29, 0.717) is 32.2 Å². The van der Waals surface area contributed by atoms with E-state index in [0.717, 1.165) is 23.6 Å². The van der Waals surface area contributed by atoms with Crippen LogP contribution in [0.2, 0.25) is 0 Å². The maximum absolute atomic E-state index is 13.1. The van der Waals surface area contributed by atoms with E-state index in [1.807, 2.05) is 48.5 Å². The first kappa shape index (κ1) is 44.4. The van der Waals surface area contributed by atoms with Gasteiger partial charge in [-0.1, -0.05) is 61.8 Å². The topological polar surface area (TPSA) is 158 Å². The summed E-state index contributed by atoms with van der Waals surface area (Å²) in [5, 5.41) is 17.2. The summed E-state index contributed by atoms with van der Waals surface area (Å²) in [6, 6.07) is -0.696. The quantitative estimate of drug-likeness (QED) is 0.151. The summed E-state index contributed by atoms with van der Waals surface area (Å²) in [6.07, 6.45) is 2.89. The summed E-state index contributed by atoms with van der Waals surface area (Å²) in [7, 11) is 3.03. The van der Waals surface area contributed by atoms with Gasteiger partial charge in [-0.3, -0.25) is 29.0 Å². The van der Waals surface area contributed by atoms with Crippen LogP contribution in [0.4, 0.5) is 0 Å². The first-order valence-electron chi connectivity index (χ1n) is 17.9. The first-order chi connectivity index (χ1) is 22.8. The minimum Gasteiger partial charge on any atom is -0.460 e. The molecule has 3 N–H and O–H groups in total. The van der Waals surface area contributed by atoms with Crippen molar-refractivity contribution in [1.82, 2.24) is 20.4 Å². The number of esters is 1. The molecule has 4 amide bonds. The van der Waals surface area contributed by atoms with Crippen molar-refractivity contribution < 1.29 is 33.8 Å². The molecule has 0 radical (unpaired) electrons. The molecule has 4 unspecified atom stereocenters. The predicted molar refractivity (Wildman–Crippen MR) is 196 cm³/mol. The molecular weight excluding hydrogens is 646 g/mol. The van der Waals surface area contributed by atoms with E-state index < -0.39 is 18.1 Å². The Kier molecular flexibility index (Phi) is 19.5. The Morgan fingerprint density at radius 3 is 2.27 bits per heavy atom. The molecule has 13 heteroatoms. The van der Waals surface area contributed by atoms with E-state index in [1.165, 1.54) is 19.0 Å². The number of hydrogen-bond acceptors (Lipinski definition) is 9. The molecule has 0 aliphatic carbocycles. The van der Waals surface area contributed by atoms with Crippen molar-refractivity contribution >= 4 is 46.4 Å². The fourth-order valence-corrected chi connectivity index (χ4v) is 6.67. The standard InChI is InChI=1S/C36H65N5O7S/c1-12-16-41(31(44)19-23(3)13-2)21-33(46)48-29(36(7,8)9)18-24(4)17-28(42)25(5)35-39-27(22-49-35)14-15-30(43)38-20-32(45)40(11)26(6)34(47)37-10/h23-29,42H,12-22H2,1-11H3,(H,37,47)(H,38,43)/t23?,24-,25+,26-,27?,28?,29?/m0/s1. The molecule has 1 heterocycles. The molecular formula is C36H65N5O7S. The van der Waals surface area contributed by atoms with Crippen molar-refractivity contribution in [2.24, 2.45) is 28.2 Å². The van der Waals surface area contributed by atoms with Crippen LogP contribution in [0.25, 0.3) is 0 Å². The van der Waals surface area contributed by atoms with Crippen LogP contribution in [0.5, 0.6) is 0 Å². The number of nitrogens with one attached hydrogen (secondary N) is 2. The second-order valence-corrected chi connectivity index (χ2v) is 15.9. The molecule has 0 bridgehead atoms. The zero-order valence-corrected chi connectivity index (χ0v) is 32.8. The number of amides is 4. The SMILES string of the molecule is CCCN(CC(=O)OC(C[C@@H](C)CC(O)[C@@H](C)C1=NC(CCC(=O)NCC(=O)N(C)[C@@H](C)C(=O)NC)CS1)C(C)(C)C)C(=O)CC(C)CC. The largest absolute Gasteiger partial charge is 0.460 e. The van der Waals surface area contributed by atoms with Gasteiger partial charge in [0.2, 0.25) is 23.6 Å². The van der Waals surface area contributed by atoms with Crippen molar-refractivity contribution in [3.05, 3.63) is 0 Å². The number of hydrogen-bond donors (Lipinski definition) is 3. The highest BCUT2D eigenvalue weighted by Gasteiger charge is 2.33. The number of nitrogens with zero attached hydrogens (tertiary/aromatic N) is 3. The second kappa shape index (κ2) is 21.5. The highest BCUT2D eigenvalue weighted by molar-refractivity contribution is 8.14. The van der Waals surface area contributed by atoms with Gasteiger partial charge < -0.3 is 30.3 Å². The van der Waals surface area contributed by atoms with Crippen LogP contribution < -0.4 is 10.6 Å². The minimum absolute atomic E-state index is 0.0192. The number of thioether (sulfide) groups is 1. The van der Waals surface area contributed by atoms with Crippen LogP contribution in [-0.4, -0.2) is 113 Å². The number of carbonyl (C=O) groups excluding carboxylic acids is 5. The minimum atomic E-state index is -0.641. The van der Waals surface area contributed by atoms with Gasteiger partial charge in [0.1, 0.15) is 18.7 Å². The molecule has 7 atom stereocenters. The number of rotatable bonds is 21. The maximum Gasteiger partial charge on any atom is 0.325 e. The summed E-state index contributed by atoms with van der Waals surface area (Å²) < 4.78 is 6.00. The number of ether oxygens (including phenoxy) is 1. The van der Waals surface area contributed by atoms with Crippen LogP contribution >= 0.6 is 11.8 Å². The van der Waals surface area contributed by atoms with Gasteiger partial charge in [0, 0.05) is 45.2 Å².